The summed E-state index contributed by atoms with van der Waals surface area (Å²) in [5.74, 6) is 1.26. The van der Waals surface area contributed by atoms with Crippen LogP contribution < -0.4 is 10.3 Å². The van der Waals surface area contributed by atoms with Gasteiger partial charge in [0.05, 0.1) is 19.2 Å². The molecule has 35 heavy (non-hydrogen) atoms. The molecule has 0 bridgehead atoms. The Bertz CT molecular complexity index is 1340. The van der Waals surface area contributed by atoms with Crippen molar-refractivity contribution in [2.24, 2.45) is 0 Å². The summed E-state index contributed by atoms with van der Waals surface area (Å²) in [6.45, 7) is 3.89. The minimum Gasteiger partial charge on any atom is -0.494 e. The van der Waals surface area contributed by atoms with Crippen molar-refractivity contribution in [2.45, 2.75) is 58.3 Å². The Labute approximate surface area is 202 Å². The van der Waals surface area contributed by atoms with E-state index < -0.39 is 0 Å². The molecular weight excluding hydrogens is 447 g/mol. The van der Waals surface area contributed by atoms with Crippen LogP contribution in [0.4, 0.5) is 4.39 Å². The van der Waals surface area contributed by atoms with Crippen LogP contribution in [0.25, 0.3) is 10.9 Å². The normalized spacial score (nSPS) is 14.3. The van der Waals surface area contributed by atoms with E-state index in [2.05, 4.69) is 25.4 Å². The van der Waals surface area contributed by atoms with Crippen molar-refractivity contribution in [3.63, 3.8) is 0 Å². The molecule has 1 N–H and O–H groups in total. The Hall–Kier alpha value is -3.59. The van der Waals surface area contributed by atoms with Crippen LogP contribution in [0.1, 0.15) is 55.6 Å². The predicted octanol–water partition coefficient (Wildman–Crippen LogP) is 4.37. The Balaban J connectivity index is 1.45. The first kappa shape index (κ1) is 23.2. The lowest BCUT2D eigenvalue weighted by atomic mass is 10.1. The third-order valence-electron chi connectivity index (χ3n) is 6.51. The zero-order valence-electron chi connectivity index (χ0n) is 19.8. The Morgan fingerprint density at radius 3 is 2.66 bits per heavy atom. The fourth-order valence-electron chi connectivity index (χ4n) is 4.81. The van der Waals surface area contributed by atoms with Gasteiger partial charge in [0.25, 0.3) is 5.56 Å². The van der Waals surface area contributed by atoms with E-state index >= 15 is 0 Å². The molecule has 5 rings (SSSR count). The van der Waals surface area contributed by atoms with Crippen molar-refractivity contribution >= 4 is 10.9 Å². The van der Waals surface area contributed by atoms with Crippen molar-refractivity contribution in [3.05, 3.63) is 81.7 Å². The van der Waals surface area contributed by atoms with E-state index in [1.54, 1.807) is 12.1 Å². The number of tetrazole rings is 1. The van der Waals surface area contributed by atoms with Crippen LogP contribution in [-0.4, -0.2) is 36.7 Å². The van der Waals surface area contributed by atoms with E-state index in [4.69, 9.17) is 4.74 Å². The number of benzene rings is 2. The van der Waals surface area contributed by atoms with Gasteiger partial charge < -0.3 is 9.72 Å². The van der Waals surface area contributed by atoms with Crippen LogP contribution in [0, 0.1) is 5.82 Å². The fraction of sp³-hybridized carbons (Fsp3) is 0.385. The van der Waals surface area contributed by atoms with Gasteiger partial charge in [0.15, 0.2) is 5.82 Å². The van der Waals surface area contributed by atoms with Gasteiger partial charge in [-0.15, -0.1) is 5.10 Å². The summed E-state index contributed by atoms with van der Waals surface area (Å²) >= 11 is 0. The first-order valence-corrected chi connectivity index (χ1v) is 12.1. The molecule has 0 unspecified atom stereocenters. The van der Waals surface area contributed by atoms with Gasteiger partial charge in [-0.1, -0.05) is 25.0 Å². The second kappa shape index (κ2) is 10.4. The highest BCUT2D eigenvalue weighted by molar-refractivity contribution is 5.80. The van der Waals surface area contributed by atoms with Crippen molar-refractivity contribution in [3.8, 4) is 5.75 Å². The summed E-state index contributed by atoms with van der Waals surface area (Å²) < 4.78 is 21.1. The summed E-state index contributed by atoms with van der Waals surface area (Å²) in [4.78, 5) is 18.1. The molecule has 182 valence electrons. The third-order valence-corrected chi connectivity index (χ3v) is 6.51. The maximum absolute atomic E-state index is 13.5. The minimum atomic E-state index is -0.276. The number of nitrogens with one attached hydrogen (secondary N) is 1. The van der Waals surface area contributed by atoms with E-state index in [1.807, 2.05) is 35.9 Å². The van der Waals surface area contributed by atoms with Gasteiger partial charge >= 0.3 is 0 Å². The highest BCUT2D eigenvalue weighted by Gasteiger charge is 2.23. The average Bonchev–Trinajstić information content (AvgIpc) is 3.53. The molecule has 2 aromatic heterocycles. The largest absolute Gasteiger partial charge is 0.494 e. The molecule has 1 saturated carbocycles. The third kappa shape index (κ3) is 5.40. The molecule has 0 aliphatic heterocycles. The van der Waals surface area contributed by atoms with Gasteiger partial charge in [0.2, 0.25) is 0 Å². The first-order valence-electron chi connectivity index (χ1n) is 12.1. The molecule has 0 radical (unpaired) electrons. The van der Waals surface area contributed by atoms with Gasteiger partial charge in [0, 0.05) is 29.6 Å². The highest BCUT2D eigenvalue weighted by Crippen LogP contribution is 2.29. The molecular formula is C26H29FN6O2. The van der Waals surface area contributed by atoms with E-state index in [-0.39, 0.29) is 11.4 Å². The van der Waals surface area contributed by atoms with E-state index in [9.17, 15) is 9.18 Å². The van der Waals surface area contributed by atoms with Gasteiger partial charge in [-0.3, -0.25) is 9.69 Å². The molecule has 8 nitrogen and oxygen atoms in total. The lowest BCUT2D eigenvalue weighted by Gasteiger charge is -2.23. The number of halogens is 1. The quantitative estimate of drug-likeness (QED) is 0.386. The van der Waals surface area contributed by atoms with E-state index in [0.29, 0.717) is 37.8 Å². The Morgan fingerprint density at radius 2 is 1.89 bits per heavy atom. The molecule has 0 spiro atoms. The summed E-state index contributed by atoms with van der Waals surface area (Å²) in [6.07, 6.45) is 4.50. The van der Waals surface area contributed by atoms with Gasteiger partial charge in [-0.05, 0) is 72.2 Å². The number of hydrogen-bond acceptors (Lipinski definition) is 6. The lowest BCUT2D eigenvalue weighted by molar-refractivity contribution is 0.231. The number of aromatic amines is 1. The maximum Gasteiger partial charge on any atom is 0.252 e. The predicted molar refractivity (Wildman–Crippen MR) is 130 cm³/mol. The maximum atomic E-state index is 13.5. The topological polar surface area (TPSA) is 88.9 Å². The number of nitrogens with zero attached hydrogens (tertiary/aromatic N) is 5. The highest BCUT2D eigenvalue weighted by atomic mass is 19.1. The summed E-state index contributed by atoms with van der Waals surface area (Å²) in [7, 11) is 0. The molecule has 1 aliphatic carbocycles. The van der Waals surface area contributed by atoms with E-state index in [1.165, 1.54) is 25.0 Å². The van der Waals surface area contributed by atoms with Crippen LogP contribution in [0.15, 0.2) is 53.3 Å². The summed E-state index contributed by atoms with van der Waals surface area (Å²) in [5.41, 5.74) is 2.20. The molecule has 1 fully saturated rings. The van der Waals surface area contributed by atoms with Crippen LogP contribution in [0.2, 0.25) is 0 Å². The number of hydrogen-bond donors (Lipinski definition) is 1. The number of ether oxygens (including phenoxy) is 1. The number of rotatable bonds is 9. The molecule has 1 aliphatic rings. The number of H-pyrrole nitrogens is 1. The zero-order chi connectivity index (χ0) is 24.2. The Kier molecular flexibility index (Phi) is 6.85. The summed E-state index contributed by atoms with van der Waals surface area (Å²) in [6, 6.07) is 14.3. The van der Waals surface area contributed by atoms with E-state index in [0.717, 1.165) is 40.9 Å². The standard InChI is InChI=1S/C26H29FN6O2/c1-2-35-23-11-12-24-19(14-23)13-20(26(34)28-24)16-32(15-18-7-9-21(27)10-8-18)17-25-29-30-31-33(25)22-5-3-4-6-22/h7-14,22H,2-6,15-17H2,1H3,(H,28,34). The SMILES string of the molecule is CCOc1ccc2[nH]c(=O)c(CN(Cc3ccc(F)cc3)Cc3nnnn3C3CCCC3)cc2c1. The fourth-order valence-corrected chi connectivity index (χ4v) is 4.81. The minimum absolute atomic E-state index is 0.138. The number of fused-ring (bicyclic) bond motifs is 1. The van der Waals surface area contributed by atoms with Gasteiger partial charge in [-0.2, -0.15) is 0 Å². The molecule has 4 aromatic rings. The zero-order valence-corrected chi connectivity index (χ0v) is 19.8. The second-order valence-electron chi connectivity index (χ2n) is 9.06. The van der Waals surface area contributed by atoms with Crippen LogP contribution in [0.3, 0.4) is 0 Å². The second-order valence-corrected chi connectivity index (χ2v) is 9.06. The smallest absolute Gasteiger partial charge is 0.252 e. The molecule has 0 amide bonds. The van der Waals surface area contributed by atoms with Gasteiger partial charge in [-0.25, -0.2) is 9.07 Å². The average molecular weight is 477 g/mol. The lowest BCUT2D eigenvalue weighted by Crippen LogP contribution is -2.28. The van der Waals surface area contributed by atoms with Crippen molar-refractivity contribution in [2.75, 3.05) is 6.61 Å². The Morgan fingerprint density at radius 1 is 1.09 bits per heavy atom. The molecule has 2 heterocycles. The molecule has 0 saturated heterocycles. The van der Waals surface area contributed by atoms with Crippen LogP contribution in [0.5, 0.6) is 5.75 Å². The summed E-state index contributed by atoms with van der Waals surface area (Å²) in [5, 5.41) is 13.4. The monoisotopic (exact) mass is 476 g/mol. The first-order chi connectivity index (χ1) is 17.1. The number of aromatic nitrogens is 5. The van der Waals surface area contributed by atoms with Gasteiger partial charge in [0.1, 0.15) is 11.6 Å². The van der Waals surface area contributed by atoms with Crippen molar-refractivity contribution < 1.29 is 9.13 Å². The van der Waals surface area contributed by atoms with Crippen molar-refractivity contribution in [1.29, 1.82) is 0 Å². The molecule has 2 aromatic carbocycles. The molecule has 9 heteroatoms. The van der Waals surface area contributed by atoms with Crippen molar-refractivity contribution in [1.82, 2.24) is 30.1 Å². The molecule has 0 atom stereocenters. The number of pyridine rings is 1. The van der Waals surface area contributed by atoms with Crippen LogP contribution in [-0.2, 0) is 19.6 Å². The van der Waals surface area contributed by atoms with Crippen LogP contribution >= 0.6 is 0 Å².